The van der Waals surface area contributed by atoms with E-state index in [-0.39, 0.29) is 4.90 Å². The van der Waals surface area contributed by atoms with Crippen molar-refractivity contribution < 1.29 is 16.8 Å². The Hall–Kier alpha value is -1.42. The molecule has 0 N–H and O–H groups in total. The molecule has 0 fully saturated rings. The zero-order chi connectivity index (χ0) is 18.2. The Balaban J connectivity index is 1.99. The summed E-state index contributed by atoms with van der Waals surface area (Å²) in [6, 6.07) is 7.98. The summed E-state index contributed by atoms with van der Waals surface area (Å²) in [5.41, 5.74) is 1.31. The smallest absolute Gasteiger partial charge is 0.265 e. The van der Waals surface area contributed by atoms with Crippen molar-refractivity contribution >= 4 is 37.1 Å². The lowest BCUT2D eigenvalue weighted by atomic mass is 10.2. The minimum absolute atomic E-state index is 0.213. The van der Waals surface area contributed by atoms with Crippen LogP contribution in [0.4, 0.5) is 5.69 Å². The van der Waals surface area contributed by atoms with E-state index in [0.29, 0.717) is 36.0 Å². The Morgan fingerprint density at radius 2 is 1.84 bits per heavy atom. The predicted octanol–water partition coefficient (Wildman–Crippen LogP) is 2.53. The van der Waals surface area contributed by atoms with Crippen molar-refractivity contribution in [1.29, 1.82) is 0 Å². The molecular weight excluding hydrogens is 380 g/mol. The molecule has 0 spiro atoms. The molecule has 0 saturated carbocycles. The van der Waals surface area contributed by atoms with Crippen LogP contribution in [0.5, 0.6) is 0 Å². The maximum Gasteiger partial charge on any atom is 0.273 e. The van der Waals surface area contributed by atoms with Crippen LogP contribution in [0, 0.1) is 0 Å². The number of anilines is 1. The molecule has 2 aromatic rings. The Labute approximate surface area is 152 Å². The van der Waals surface area contributed by atoms with Gasteiger partial charge in [0, 0.05) is 19.6 Å². The Bertz CT molecular complexity index is 963. The minimum Gasteiger partial charge on any atom is -0.265 e. The Morgan fingerprint density at radius 1 is 1.12 bits per heavy atom. The largest absolute Gasteiger partial charge is 0.273 e. The maximum absolute atomic E-state index is 12.8. The highest BCUT2D eigenvalue weighted by Gasteiger charge is 2.33. The predicted molar refractivity (Wildman–Crippen MR) is 99.1 cm³/mol. The first-order valence-corrected chi connectivity index (χ1v) is 11.8. The van der Waals surface area contributed by atoms with E-state index >= 15 is 0 Å². The van der Waals surface area contributed by atoms with Crippen LogP contribution in [0.1, 0.15) is 19.4 Å². The summed E-state index contributed by atoms with van der Waals surface area (Å²) < 4.78 is 53.9. The number of rotatable bonds is 6. The lowest BCUT2D eigenvalue weighted by molar-refractivity contribution is 0.445. The van der Waals surface area contributed by atoms with Crippen LogP contribution >= 0.6 is 11.3 Å². The van der Waals surface area contributed by atoms with Gasteiger partial charge in [0.2, 0.25) is 10.0 Å². The fourth-order valence-corrected chi connectivity index (χ4v) is 7.11. The van der Waals surface area contributed by atoms with E-state index < -0.39 is 20.0 Å². The number of hydrogen-bond acceptors (Lipinski definition) is 5. The van der Waals surface area contributed by atoms with Crippen molar-refractivity contribution in [1.82, 2.24) is 4.31 Å². The molecule has 1 aromatic heterocycles. The third-order valence-corrected chi connectivity index (χ3v) is 9.52. The van der Waals surface area contributed by atoms with Crippen LogP contribution in [0.3, 0.4) is 0 Å². The van der Waals surface area contributed by atoms with E-state index in [4.69, 9.17) is 0 Å². The van der Waals surface area contributed by atoms with E-state index in [2.05, 4.69) is 0 Å². The van der Waals surface area contributed by atoms with Crippen molar-refractivity contribution in [2.45, 2.75) is 29.4 Å². The van der Waals surface area contributed by atoms with Gasteiger partial charge in [0.15, 0.2) is 0 Å². The summed E-state index contributed by atoms with van der Waals surface area (Å²) in [5, 5.41) is 1.73. The van der Waals surface area contributed by atoms with Crippen LogP contribution in [0.2, 0.25) is 0 Å². The molecule has 0 unspecified atom stereocenters. The molecule has 9 heteroatoms. The van der Waals surface area contributed by atoms with Gasteiger partial charge in [-0.2, -0.15) is 4.31 Å². The molecule has 1 aromatic carbocycles. The van der Waals surface area contributed by atoms with Crippen molar-refractivity contribution in [2.24, 2.45) is 0 Å². The lowest BCUT2D eigenvalue weighted by Gasteiger charge is -2.20. The SMILES string of the molecule is CCN(CC)S(=O)(=O)c1ccc2c(c1)CCN2S(=O)(=O)c1cccs1. The number of hydrogen-bond donors (Lipinski definition) is 0. The second-order valence-corrected chi connectivity index (χ2v) is 10.6. The molecule has 136 valence electrons. The quantitative estimate of drug-likeness (QED) is 0.747. The third-order valence-electron chi connectivity index (χ3n) is 4.29. The third kappa shape index (κ3) is 3.10. The van der Waals surface area contributed by atoms with E-state index in [0.717, 1.165) is 5.56 Å². The summed E-state index contributed by atoms with van der Waals surface area (Å²) in [4.78, 5) is 0.213. The number of sulfonamides is 2. The first-order valence-electron chi connectivity index (χ1n) is 8.01. The van der Waals surface area contributed by atoms with E-state index in [9.17, 15) is 16.8 Å². The van der Waals surface area contributed by atoms with E-state index in [1.165, 1.54) is 26.0 Å². The molecule has 1 aliphatic heterocycles. The molecule has 0 bridgehead atoms. The van der Waals surface area contributed by atoms with Crippen LogP contribution in [0.25, 0.3) is 0 Å². The van der Waals surface area contributed by atoms with Gasteiger partial charge in [-0.15, -0.1) is 11.3 Å². The molecule has 2 heterocycles. The number of nitrogens with zero attached hydrogens (tertiary/aromatic N) is 2. The molecule has 0 aliphatic carbocycles. The highest BCUT2D eigenvalue weighted by atomic mass is 32.2. The first-order chi connectivity index (χ1) is 11.8. The van der Waals surface area contributed by atoms with Crippen LogP contribution in [0.15, 0.2) is 44.8 Å². The highest BCUT2D eigenvalue weighted by Crippen LogP contribution is 2.35. The van der Waals surface area contributed by atoms with Gasteiger partial charge in [0.1, 0.15) is 4.21 Å². The first kappa shape index (κ1) is 18.4. The summed E-state index contributed by atoms with van der Waals surface area (Å²) in [5.74, 6) is 0. The average molecular weight is 401 g/mol. The van der Waals surface area contributed by atoms with Gasteiger partial charge in [-0.05, 0) is 41.6 Å². The summed E-state index contributed by atoms with van der Waals surface area (Å²) in [6.45, 7) is 4.71. The fraction of sp³-hybridized carbons (Fsp3) is 0.375. The normalized spacial score (nSPS) is 14.9. The van der Waals surface area contributed by atoms with E-state index in [1.807, 2.05) is 0 Å². The van der Waals surface area contributed by atoms with Gasteiger partial charge in [-0.25, -0.2) is 16.8 Å². The number of thiophene rings is 1. The van der Waals surface area contributed by atoms with Crippen molar-refractivity contribution in [3.63, 3.8) is 0 Å². The zero-order valence-electron chi connectivity index (χ0n) is 14.0. The van der Waals surface area contributed by atoms with Crippen LogP contribution in [-0.2, 0) is 26.5 Å². The average Bonchev–Trinajstić information content (AvgIpc) is 3.25. The van der Waals surface area contributed by atoms with Gasteiger partial charge in [-0.3, -0.25) is 4.31 Å². The molecule has 0 saturated heterocycles. The number of benzene rings is 1. The van der Waals surface area contributed by atoms with Gasteiger partial charge in [0.05, 0.1) is 10.6 Å². The molecule has 0 atom stereocenters. The molecule has 3 rings (SSSR count). The molecular formula is C16H20N2O4S3. The fourth-order valence-electron chi connectivity index (χ4n) is 2.99. The van der Waals surface area contributed by atoms with Gasteiger partial charge in [-0.1, -0.05) is 19.9 Å². The molecule has 0 radical (unpaired) electrons. The standard InChI is InChI=1S/C16H20N2O4S3/c1-3-17(4-2)24(19,20)14-7-8-15-13(12-14)9-10-18(15)25(21,22)16-6-5-11-23-16/h5-8,11-12H,3-4,9-10H2,1-2H3. The van der Waals surface area contributed by atoms with Crippen molar-refractivity contribution in [3.05, 3.63) is 41.3 Å². The molecule has 1 aliphatic rings. The summed E-state index contributed by atoms with van der Waals surface area (Å²) >= 11 is 1.18. The molecule has 25 heavy (non-hydrogen) atoms. The second-order valence-electron chi connectivity index (χ2n) is 5.64. The van der Waals surface area contributed by atoms with Crippen molar-refractivity contribution in [2.75, 3.05) is 23.9 Å². The van der Waals surface area contributed by atoms with Gasteiger partial charge < -0.3 is 0 Å². The topological polar surface area (TPSA) is 74.8 Å². The van der Waals surface area contributed by atoms with Gasteiger partial charge in [0.25, 0.3) is 10.0 Å². The molecule has 6 nitrogen and oxygen atoms in total. The minimum atomic E-state index is -3.59. The number of fused-ring (bicyclic) bond motifs is 1. The Morgan fingerprint density at radius 3 is 2.44 bits per heavy atom. The van der Waals surface area contributed by atoms with Crippen LogP contribution in [-0.4, -0.2) is 40.8 Å². The van der Waals surface area contributed by atoms with Crippen molar-refractivity contribution in [3.8, 4) is 0 Å². The highest BCUT2D eigenvalue weighted by molar-refractivity contribution is 7.94. The Kier molecular flexibility index (Phi) is 4.93. The summed E-state index contributed by atoms with van der Waals surface area (Å²) in [7, 11) is -7.14. The second kappa shape index (κ2) is 6.71. The van der Waals surface area contributed by atoms with E-state index in [1.54, 1.807) is 43.5 Å². The summed E-state index contributed by atoms with van der Waals surface area (Å²) in [6.07, 6.45) is 0.502. The van der Waals surface area contributed by atoms with Gasteiger partial charge >= 0.3 is 0 Å². The molecule has 0 amide bonds. The monoisotopic (exact) mass is 400 g/mol. The zero-order valence-corrected chi connectivity index (χ0v) is 16.5. The lowest BCUT2D eigenvalue weighted by Crippen LogP contribution is -2.30. The maximum atomic E-state index is 12.8. The van der Waals surface area contributed by atoms with Crippen LogP contribution < -0.4 is 4.31 Å².